The van der Waals surface area contributed by atoms with E-state index in [1.165, 1.54) is 60.6 Å². The molecule has 2 aliphatic heterocycles. The van der Waals surface area contributed by atoms with E-state index in [4.69, 9.17) is 0 Å². The Hall–Kier alpha value is -4.32. The molecule has 9 rings (SSSR count). The fourth-order valence-electron chi connectivity index (χ4n) is 7.24. The maximum Gasteiger partial charge on any atom is 0.421 e. The predicted molar refractivity (Wildman–Crippen MR) is 190 cm³/mol. The van der Waals surface area contributed by atoms with Crippen molar-refractivity contribution >= 4 is 88.6 Å². The van der Waals surface area contributed by atoms with Crippen LogP contribution in [0.2, 0.25) is 0 Å². The first-order valence-electron chi connectivity index (χ1n) is 14.5. The Morgan fingerprint density at radius 2 is 0.814 bits per heavy atom. The minimum absolute atomic E-state index is 0.114. The van der Waals surface area contributed by atoms with Crippen molar-refractivity contribution < 1.29 is 0 Å². The van der Waals surface area contributed by atoms with Gasteiger partial charge in [-0.3, -0.25) is 0 Å². The Kier molecular flexibility index (Phi) is 5.63. The third-order valence-electron chi connectivity index (χ3n) is 8.93. The van der Waals surface area contributed by atoms with Crippen LogP contribution < -0.4 is 15.1 Å². The number of rotatable bonds is 2. The van der Waals surface area contributed by atoms with E-state index in [9.17, 15) is 0 Å². The minimum atomic E-state index is -0.114. The summed E-state index contributed by atoms with van der Waals surface area (Å²) in [5.41, 5.74) is 11.1. The lowest BCUT2D eigenvalue weighted by Crippen LogP contribution is -2.61. The molecule has 5 heteroatoms. The Labute approximate surface area is 267 Å². The lowest BCUT2D eigenvalue weighted by Gasteiger charge is -2.48. The highest BCUT2D eigenvalue weighted by Crippen LogP contribution is 2.53. The molecule has 0 atom stereocenters. The number of fused-ring (bicyclic) bond motifs is 8. The molecule has 202 valence electrons. The molecule has 0 bridgehead atoms. The summed E-state index contributed by atoms with van der Waals surface area (Å²) in [7, 11) is 0. The van der Waals surface area contributed by atoms with Crippen molar-refractivity contribution in [3.63, 3.8) is 0 Å². The molecule has 2 heterocycles. The van der Waals surface area contributed by atoms with Gasteiger partial charge < -0.3 is 9.62 Å². The van der Waals surface area contributed by atoms with Gasteiger partial charge in [0.1, 0.15) is 0 Å². The second-order valence-corrected chi connectivity index (χ2v) is 12.9. The highest BCUT2D eigenvalue weighted by atomic mass is 79.9. The van der Waals surface area contributed by atoms with Crippen molar-refractivity contribution in [1.29, 1.82) is 0 Å². The van der Waals surface area contributed by atoms with Crippen LogP contribution in [-0.4, -0.2) is 6.98 Å². The number of benzene rings is 7. The number of nitrogens with zero attached hydrogens (tertiary/aromatic N) is 2. The van der Waals surface area contributed by atoms with E-state index in [0.717, 1.165) is 20.3 Å². The zero-order chi connectivity index (χ0) is 28.7. The summed E-state index contributed by atoms with van der Waals surface area (Å²) >= 11 is 7.92. The number of anilines is 4. The third-order valence-corrected chi connectivity index (χ3v) is 10.2. The van der Waals surface area contributed by atoms with Gasteiger partial charge in [-0.15, -0.1) is 0 Å². The van der Waals surface area contributed by atoms with Crippen LogP contribution in [0.1, 0.15) is 0 Å². The van der Waals surface area contributed by atoms with Crippen molar-refractivity contribution in [3.05, 3.63) is 148 Å². The van der Waals surface area contributed by atoms with Gasteiger partial charge in [-0.2, -0.15) is 0 Å². The highest BCUT2D eigenvalue weighted by molar-refractivity contribution is 9.11. The Balaban J connectivity index is 1.50. The van der Waals surface area contributed by atoms with E-state index < -0.39 is 0 Å². The first-order chi connectivity index (χ1) is 21.2. The monoisotopic (exact) mass is 676 g/mol. The quantitative estimate of drug-likeness (QED) is 0.168. The molecule has 0 unspecified atom stereocenters. The summed E-state index contributed by atoms with van der Waals surface area (Å²) in [4.78, 5) is 5.08. The van der Waals surface area contributed by atoms with Gasteiger partial charge in [0.25, 0.3) is 0 Å². The maximum atomic E-state index is 3.96. The van der Waals surface area contributed by atoms with Crippen molar-refractivity contribution in [1.82, 2.24) is 0 Å². The average Bonchev–Trinajstić information content (AvgIpc) is 3.06. The number of hydrogen-bond donors (Lipinski definition) is 0. The van der Waals surface area contributed by atoms with Gasteiger partial charge in [0.15, 0.2) is 0 Å². The van der Waals surface area contributed by atoms with Crippen LogP contribution in [0.25, 0.3) is 43.8 Å². The average molecular weight is 678 g/mol. The van der Waals surface area contributed by atoms with Crippen LogP contribution in [0.5, 0.6) is 0 Å². The molecule has 7 aromatic carbocycles. The Morgan fingerprint density at radius 1 is 0.419 bits per heavy atom. The predicted octanol–water partition coefficient (Wildman–Crippen LogP) is 10.9. The minimum Gasteiger partial charge on any atom is -0.361 e. The standard InChI is InChI=1S/C38H23BBr2N2/c40-32-22-34-36(28-18-9-7-16-26(28)32)30-20-11-21-31-37-29-19-10-8-17-27(29)33(41)23-35(37)43(25-14-5-2-6-15-25)39(38(30)31)42(34)24-12-3-1-4-13-24/h1-23H. The van der Waals surface area contributed by atoms with E-state index in [-0.39, 0.29) is 6.98 Å². The van der Waals surface area contributed by atoms with E-state index in [0.29, 0.717) is 0 Å². The zero-order valence-electron chi connectivity index (χ0n) is 23.0. The molecule has 0 saturated carbocycles. The van der Waals surface area contributed by atoms with Crippen molar-refractivity contribution in [2.45, 2.75) is 0 Å². The second kappa shape index (κ2) is 9.60. The lowest BCUT2D eigenvalue weighted by molar-refractivity contribution is 1.27. The topological polar surface area (TPSA) is 6.48 Å². The van der Waals surface area contributed by atoms with Gasteiger partial charge in [-0.1, -0.05) is 135 Å². The molecule has 0 spiro atoms. The van der Waals surface area contributed by atoms with Gasteiger partial charge >= 0.3 is 6.98 Å². The molecular weight excluding hydrogens is 655 g/mol. The Bertz CT molecular complexity index is 2080. The zero-order valence-corrected chi connectivity index (χ0v) is 26.2. The molecular formula is C38H23BBr2N2. The van der Waals surface area contributed by atoms with Crippen LogP contribution in [0.4, 0.5) is 22.7 Å². The normalized spacial score (nSPS) is 13.2. The fraction of sp³-hybridized carbons (Fsp3) is 0. The summed E-state index contributed by atoms with van der Waals surface area (Å²) in [6, 6.07) is 50.7. The van der Waals surface area contributed by atoms with Gasteiger partial charge in [0.2, 0.25) is 0 Å². The van der Waals surface area contributed by atoms with Crippen LogP contribution >= 0.6 is 31.9 Å². The molecule has 0 aliphatic carbocycles. The molecule has 2 nitrogen and oxygen atoms in total. The first-order valence-corrected chi connectivity index (χ1v) is 16.0. The van der Waals surface area contributed by atoms with Crippen LogP contribution in [0.15, 0.2) is 148 Å². The molecule has 0 radical (unpaired) electrons. The molecule has 7 aromatic rings. The number of halogens is 2. The lowest BCUT2D eigenvalue weighted by atomic mass is 9.53. The second-order valence-electron chi connectivity index (χ2n) is 11.1. The summed E-state index contributed by atoms with van der Waals surface area (Å²) < 4.78 is 2.19. The van der Waals surface area contributed by atoms with Gasteiger partial charge in [0, 0.05) is 42.8 Å². The highest BCUT2D eigenvalue weighted by Gasteiger charge is 2.47. The molecule has 0 amide bonds. The molecule has 0 N–H and O–H groups in total. The maximum absolute atomic E-state index is 3.96. The first kappa shape index (κ1) is 25.2. The van der Waals surface area contributed by atoms with E-state index in [1.54, 1.807) is 0 Å². The molecule has 0 aromatic heterocycles. The molecule has 43 heavy (non-hydrogen) atoms. The fourth-order valence-corrected chi connectivity index (χ4v) is 8.36. The molecule has 2 aliphatic rings. The summed E-state index contributed by atoms with van der Waals surface area (Å²) in [6.07, 6.45) is 0. The number of para-hydroxylation sites is 2. The van der Waals surface area contributed by atoms with Crippen LogP contribution in [0.3, 0.4) is 0 Å². The van der Waals surface area contributed by atoms with E-state index >= 15 is 0 Å². The SMILES string of the molecule is Brc1cc2c(c3ccccc13)-c1cccc3c1B(N2c1ccccc1)N(c1ccccc1)c1cc(Br)c2ccccc2c1-3. The van der Waals surface area contributed by atoms with Crippen LogP contribution in [-0.2, 0) is 0 Å². The smallest absolute Gasteiger partial charge is 0.361 e. The molecule has 0 saturated heterocycles. The summed E-state index contributed by atoms with van der Waals surface area (Å²) in [5, 5.41) is 4.93. The third kappa shape index (κ3) is 3.59. The van der Waals surface area contributed by atoms with Crippen molar-refractivity contribution in [2.24, 2.45) is 0 Å². The Morgan fingerprint density at radius 3 is 1.26 bits per heavy atom. The largest absolute Gasteiger partial charge is 0.421 e. The van der Waals surface area contributed by atoms with E-state index in [1.807, 2.05) is 0 Å². The van der Waals surface area contributed by atoms with E-state index in [2.05, 4.69) is 181 Å². The van der Waals surface area contributed by atoms with Crippen molar-refractivity contribution in [3.8, 4) is 22.3 Å². The van der Waals surface area contributed by atoms with Crippen LogP contribution in [0, 0.1) is 0 Å². The summed E-state index contributed by atoms with van der Waals surface area (Å²) in [6.45, 7) is -0.114. The van der Waals surface area contributed by atoms with Crippen molar-refractivity contribution in [2.75, 3.05) is 9.62 Å². The van der Waals surface area contributed by atoms with Gasteiger partial charge in [-0.05, 0) is 74.5 Å². The van der Waals surface area contributed by atoms with Gasteiger partial charge in [0.05, 0.1) is 0 Å². The molecule has 0 fully saturated rings. The number of hydrogen-bond acceptors (Lipinski definition) is 2. The summed E-state index contributed by atoms with van der Waals surface area (Å²) in [5.74, 6) is 0. The van der Waals surface area contributed by atoms with Gasteiger partial charge in [-0.25, -0.2) is 0 Å².